The molecule has 1 rings (SSSR count). The van der Waals surface area contributed by atoms with E-state index in [0.717, 1.165) is 10.6 Å². The molecule has 1 heterocycles. The fraction of sp³-hybridized carbons (Fsp3) is 0.500. The van der Waals surface area contributed by atoms with E-state index in [1.807, 2.05) is 13.8 Å². The molecule has 1 saturated heterocycles. The molecule has 0 unspecified atom stereocenters. The van der Waals surface area contributed by atoms with Crippen LogP contribution in [0.1, 0.15) is 26.7 Å². The first-order valence-corrected chi connectivity index (χ1v) is 3.77. The third kappa shape index (κ3) is 1.84. The third-order valence-electron chi connectivity index (χ3n) is 1.40. The second-order valence-corrected chi connectivity index (χ2v) is 2.88. The van der Waals surface area contributed by atoms with Gasteiger partial charge in [0.25, 0.3) is 11.8 Å². The van der Waals surface area contributed by atoms with Crippen LogP contribution in [0.3, 0.4) is 0 Å². The van der Waals surface area contributed by atoms with Crippen molar-refractivity contribution in [2.75, 3.05) is 0 Å². The van der Waals surface area contributed by atoms with Gasteiger partial charge in [-0.1, -0.05) is 0 Å². The van der Waals surface area contributed by atoms with Crippen molar-refractivity contribution in [1.29, 1.82) is 0 Å². The lowest BCUT2D eigenvalue weighted by Crippen LogP contribution is -2.27. The fourth-order valence-corrected chi connectivity index (χ4v) is 0.832. The van der Waals surface area contributed by atoms with Crippen LogP contribution in [0.25, 0.3) is 0 Å². The molecule has 0 radical (unpaired) electrons. The molecule has 0 spiro atoms. The molecule has 0 aromatic heterocycles. The van der Waals surface area contributed by atoms with Gasteiger partial charge in [0, 0.05) is 12.8 Å². The molecule has 4 nitrogen and oxygen atoms in total. The predicted molar refractivity (Wildman–Crippen MR) is 41.6 cm³/mol. The molecular formula is C8H11NO3. The normalized spacial score (nSPS) is 16.7. The Bertz CT molecular complexity index is 225. The monoisotopic (exact) mass is 169 g/mol. The van der Waals surface area contributed by atoms with Gasteiger partial charge in [-0.2, -0.15) is 0 Å². The smallest absolute Gasteiger partial charge is 0.263 e. The lowest BCUT2D eigenvalue weighted by molar-refractivity contribution is -0.173. The zero-order valence-corrected chi connectivity index (χ0v) is 7.16. The lowest BCUT2D eigenvalue weighted by atomic mass is 10.4. The molecular weight excluding hydrogens is 158 g/mol. The second-order valence-electron chi connectivity index (χ2n) is 2.88. The van der Waals surface area contributed by atoms with Crippen molar-refractivity contribution in [3.05, 3.63) is 11.8 Å². The SMILES string of the molecule is CC(C)=CON1C(=O)CCC1=O. The minimum absolute atomic E-state index is 0.259. The molecule has 2 amide bonds. The third-order valence-corrected chi connectivity index (χ3v) is 1.40. The largest absolute Gasteiger partial charge is 0.377 e. The van der Waals surface area contributed by atoms with Gasteiger partial charge in [-0.15, -0.1) is 5.06 Å². The molecule has 0 bridgehead atoms. The van der Waals surface area contributed by atoms with Crippen LogP contribution in [-0.2, 0) is 14.4 Å². The molecule has 1 aliphatic heterocycles. The van der Waals surface area contributed by atoms with E-state index >= 15 is 0 Å². The van der Waals surface area contributed by atoms with Crippen LogP contribution in [0, 0.1) is 0 Å². The summed E-state index contributed by atoms with van der Waals surface area (Å²) >= 11 is 0. The highest BCUT2D eigenvalue weighted by Gasteiger charge is 2.30. The first kappa shape index (κ1) is 8.77. The van der Waals surface area contributed by atoms with Gasteiger partial charge in [-0.25, -0.2) is 0 Å². The highest BCUT2D eigenvalue weighted by atomic mass is 16.7. The van der Waals surface area contributed by atoms with Crippen LogP contribution < -0.4 is 0 Å². The molecule has 0 N–H and O–H groups in total. The Hall–Kier alpha value is -1.32. The van der Waals surface area contributed by atoms with E-state index in [0.29, 0.717) is 0 Å². The molecule has 0 aromatic carbocycles. The number of rotatable bonds is 2. The van der Waals surface area contributed by atoms with Gasteiger partial charge in [-0.05, 0) is 19.4 Å². The number of hydroxylamine groups is 2. The Kier molecular flexibility index (Phi) is 2.47. The van der Waals surface area contributed by atoms with Gasteiger partial charge in [0.15, 0.2) is 0 Å². The van der Waals surface area contributed by atoms with Crippen molar-refractivity contribution >= 4 is 11.8 Å². The van der Waals surface area contributed by atoms with E-state index in [1.54, 1.807) is 0 Å². The number of allylic oxidation sites excluding steroid dienone is 1. The van der Waals surface area contributed by atoms with Crippen molar-refractivity contribution in [2.45, 2.75) is 26.7 Å². The molecule has 1 fully saturated rings. The van der Waals surface area contributed by atoms with Gasteiger partial charge in [0.2, 0.25) is 0 Å². The van der Waals surface area contributed by atoms with Crippen molar-refractivity contribution in [1.82, 2.24) is 5.06 Å². The zero-order chi connectivity index (χ0) is 9.14. The second kappa shape index (κ2) is 3.38. The van der Waals surface area contributed by atoms with Crippen molar-refractivity contribution in [2.24, 2.45) is 0 Å². The quantitative estimate of drug-likeness (QED) is 0.457. The Morgan fingerprint density at radius 2 is 1.83 bits per heavy atom. The van der Waals surface area contributed by atoms with E-state index in [4.69, 9.17) is 4.84 Å². The minimum Gasteiger partial charge on any atom is -0.377 e. The molecule has 0 aromatic rings. The van der Waals surface area contributed by atoms with E-state index in [-0.39, 0.29) is 24.7 Å². The van der Waals surface area contributed by atoms with Gasteiger partial charge in [0.05, 0.1) is 0 Å². The van der Waals surface area contributed by atoms with Crippen LogP contribution in [0.15, 0.2) is 11.8 Å². The molecule has 12 heavy (non-hydrogen) atoms. The number of nitrogens with zero attached hydrogens (tertiary/aromatic N) is 1. The lowest BCUT2D eigenvalue weighted by Gasteiger charge is -2.10. The maximum atomic E-state index is 10.9. The maximum absolute atomic E-state index is 10.9. The van der Waals surface area contributed by atoms with Crippen LogP contribution >= 0.6 is 0 Å². The average Bonchev–Trinajstić information content (AvgIpc) is 2.28. The van der Waals surface area contributed by atoms with Gasteiger partial charge in [0.1, 0.15) is 6.26 Å². The predicted octanol–water partition coefficient (Wildman–Crippen LogP) is 0.991. The van der Waals surface area contributed by atoms with E-state index in [2.05, 4.69) is 0 Å². The standard InChI is InChI=1S/C8H11NO3/c1-6(2)5-12-9-7(10)3-4-8(9)11/h5H,3-4H2,1-2H3. The summed E-state index contributed by atoms with van der Waals surface area (Å²) in [5.41, 5.74) is 0.905. The van der Waals surface area contributed by atoms with Crippen LogP contribution in [0.2, 0.25) is 0 Å². The van der Waals surface area contributed by atoms with Gasteiger partial charge >= 0.3 is 0 Å². The average molecular weight is 169 g/mol. The summed E-state index contributed by atoms with van der Waals surface area (Å²) in [5.74, 6) is -0.532. The van der Waals surface area contributed by atoms with Gasteiger partial charge in [-0.3, -0.25) is 9.59 Å². The summed E-state index contributed by atoms with van der Waals surface area (Å²) in [5, 5.41) is 0.812. The Morgan fingerprint density at radius 1 is 1.33 bits per heavy atom. The Balaban J connectivity index is 2.56. The van der Waals surface area contributed by atoms with Crippen LogP contribution in [-0.4, -0.2) is 16.9 Å². The molecule has 0 aliphatic carbocycles. The summed E-state index contributed by atoms with van der Waals surface area (Å²) in [7, 11) is 0. The number of amides is 2. The van der Waals surface area contributed by atoms with Crippen LogP contribution in [0.4, 0.5) is 0 Å². The van der Waals surface area contributed by atoms with Crippen LogP contribution in [0.5, 0.6) is 0 Å². The molecule has 0 saturated carbocycles. The number of carbonyl (C=O) groups excluding carboxylic acids is 2. The van der Waals surface area contributed by atoms with E-state index in [1.165, 1.54) is 6.26 Å². The highest BCUT2D eigenvalue weighted by molar-refractivity contribution is 6.00. The first-order chi connectivity index (χ1) is 5.61. The maximum Gasteiger partial charge on any atom is 0.263 e. The van der Waals surface area contributed by atoms with Crippen molar-refractivity contribution < 1.29 is 14.4 Å². The molecule has 66 valence electrons. The zero-order valence-electron chi connectivity index (χ0n) is 7.16. The summed E-state index contributed by atoms with van der Waals surface area (Å²) in [4.78, 5) is 26.8. The summed E-state index contributed by atoms with van der Waals surface area (Å²) < 4.78 is 0. The number of carbonyl (C=O) groups is 2. The van der Waals surface area contributed by atoms with E-state index in [9.17, 15) is 9.59 Å². The summed E-state index contributed by atoms with van der Waals surface area (Å²) in [6.45, 7) is 3.65. The summed E-state index contributed by atoms with van der Waals surface area (Å²) in [6.07, 6.45) is 1.91. The van der Waals surface area contributed by atoms with Crippen molar-refractivity contribution in [3.63, 3.8) is 0 Å². The highest BCUT2D eigenvalue weighted by Crippen LogP contribution is 2.12. The fourth-order valence-electron chi connectivity index (χ4n) is 0.832. The Morgan fingerprint density at radius 3 is 2.25 bits per heavy atom. The molecule has 0 atom stereocenters. The number of hydrogen-bond acceptors (Lipinski definition) is 3. The molecule has 1 aliphatic rings. The summed E-state index contributed by atoms with van der Waals surface area (Å²) in [6, 6.07) is 0. The molecule has 4 heteroatoms. The Labute approximate surface area is 70.7 Å². The van der Waals surface area contributed by atoms with Crippen molar-refractivity contribution in [3.8, 4) is 0 Å². The number of imide groups is 1. The topological polar surface area (TPSA) is 46.6 Å². The minimum atomic E-state index is -0.266. The van der Waals surface area contributed by atoms with Gasteiger partial charge < -0.3 is 4.84 Å². The first-order valence-electron chi connectivity index (χ1n) is 3.77. The van der Waals surface area contributed by atoms with E-state index < -0.39 is 0 Å². The number of hydrogen-bond donors (Lipinski definition) is 0.